The lowest BCUT2D eigenvalue weighted by atomic mass is 10.2. The summed E-state index contributed by atoms with van der Waals surface area (Å²) in [5.74, 6) is -0.226. The number of hydrogen-bond acceptors (Lipinski definition) is 6. The van der Waals surface area contributed by atoms with Gasteiger partial charge in [-0.3, -0.25) is 10.1 Å². The van der Waals surface area contributed by atoms with E-state index in [1.54, 1.807) is 13.0 Å². The molecule has 0 spiro atoms. The molecule has 10 heteroatoms. The van der Waals surface area contributed by atoms with E-state index in [1.807, 2.05) is 6.92 Å². The minimum atomic E-state index is -4.63. The number of alkyl halides is 3. The number of nitrogens with one attached hydrogen (secondary N) is 2. The Hall–Kier alpha value is -2.91. The number of nitro groups is 1. The second kappa shape index (κ2) is 7.98. The first-order valence-electron chi connectivity index (χ1n) is 7.89. The van der Waals surface area contributed by atoms with Crippen LogP contribution in [0.25, 0.3) is 0 Å². The van der Waals surface area contributed by atoms with Crippen LogP contribution in [0.5, 0.6) is 0 Å². The van der Waals surface area contributed by atoms with Gasteiger partial charge in [-0.05, 0) is 13.3 Å². The van der Waals surface area contributed by atoms with Crippen molar-refractivity contribution in [3.8, 4) is 0 Å². The Morgan fingerprint density at radius 1 is 1.27 bits per heavy atom. The first-order valence-corrected chi connectivity index (χ1v) is 7.89. The second-order valence-electron chi connectivity index (χ2n) is 5.65. The summed E-state index contributed by atoms with van der Waals surface area (Å²) in [5, 5.41) is 16.5. The molecule has 0 saturated carbocycles. The number of benzene rings is 1. The maximum atomic E-state index is 13.1. The number of nitro benzene ring substituents is 1. The smallest absolute Gasteiger partial charge is 0.366 e. The zero-order chi connectivity index (χ0) is 19.3. The maximum absolute atomic E-state index is 13.1. The average molecular weight is 369 g/mol. The second-order valence-corrected chi connectivity index (χ2v) is 5.65. The Morgan fingerprint density at radius 2 is 1.96 bits per heavy atom. The van der Waals surface area contributed by atoms with Gasteiger partial charge in [0.1, 0.15) is 5.82 Å². The molecule has 26 heavy (non-hydrogen) atoms. The summed E-state index contributed by atoms with van der Waals surface area (Å²) in [6.45, 7) is 3.62. The highest BCUT2D eigenvalue weighted by molar-refractivity contribution is 5.47. The normalized spacial score (nSPS) is 12.5. The highest BCUT2D eigenvalue weighted by Crippen LogP contribution is 2.30. The quantitative estimate of drug-likeness (QED) is 0.560. The standard InChI is InChI=1S/C16H18F3N5O2/c1-3-10(2)21-15-22-13(16(17,18)19)8-14(23-15)20-9-11-6-4-5-7-12(11)24(25)26/h4-8,10H,3,9H2,1-2H3,(H2,20,21,22,23)/t10-/m1/s1. The molecule has 1 heterocycles. The van der Waals surface area contributed by atoms with E-state index in [-0.39, 0.29) is 30.0 Å². The van der Waals surface area contributed by atoms with E-state index >= 15 is 0 Å². The van der Waals surface area contributed by atoms with Crippen LogP contribution < -0.4 is 10.6 Å². The minimum absolute atomic E-state index is 0.0474. The third-order valence-electron chi connectivity index (χ3n) is 3.65. The summed E-state index contributed by atoms with van der Waals surface area (Å²) < 4.78 is 39.2. The molecule has 0 radical (unpaired) electrons. The molecule has 0 amide bonds. The highest BCUT2D eigenvalue weighted by Gasteiger charge is 2.34. The number of halogens is 3. The Labute approximate surface area is 147 Å². The molecule has 2 rings (SSSR count). The van der Waals surface area contributed by atoms with Crippen molar-refractivity contribution in [2.75, 3.05) is 10.6 Å². The lowest BCUT2D eigenvalue weighted by Gasteiger charge is -2.15. The monoisotopic (exact) mass is 369 g/mol. The predicted octanol–water partition coefficient (Wildman–Crippen LogP) is 4.23. The molecule has 1 aromatic carbocycles. The van der Waals surface area contributed by atoms with Crippen LogP contribution in [0.1, 0.15) is 31.5 Å². The number of para-hydroxylation sites is 1. The van der Waals surface area contributed by atoms with Crippen molar-refractivity contribution in [3.05, 3.63) is 51.7 Å². The van der Waals surface area contributed by atoms with Crippen molar-refractivity contribution in [1.29, 1.82) is 0 Å². The molecule has 0 aliphatic carbocycles. The fraction of sp³-hybridized carbons (Fsp3) is 0.375. The van der Waals surface area contributed by atoms with Crippen LogP contribution in [-0.2, 0) is 12.7 Å². The molecule has 140 valence electrons. The van der Waals surface area contributed by atoms with Gasteiger partial charge in [0.15, 0.2) is 5.69 Å². The Kier molecular flexibility index (Phi) is 5.96. The lowest BCUT2D eigenvalue weighted by molar-refractivity contribution is -0.385. The minimum Gasteiger partial charge on any atom is -0.366 e. The molecule has 0 bridgehead atoms. The summed E-state index contributed by atoms with van der Waals surface area (Å²) in [4.78, 5) is 18.0. The molecule has 7 nitrogen and oxygen atoms in total. The predicted molar refractivity (Wildman–Crippen MR) is 90.8 cm³/mol. The number of rotatable bonds is 7. The van der Waals surface area contributed by atoms with Gasteiger partial charge in [0.2, 0.25) is 5.95 Å². The summed E-state index contributed by atoms with van der Waals surface area (Å²) in [6.07, 6.45) is -3.96. The first kappa shape index (κ1) is 19.4. The third kappa shape index (κ3) is 5.04. The fourth-order valence-corrected chi connectivity index (χ4v) is 2.09. The number of nitrogens with zero attached hydrogens (tertiary/aromatic N) is 3. The van der Waals surface area contributed by atoms with Crippen molar-refractivity contribution in [2.24, 2.45) is 0 Å². The summed E-state index contributed by atoms with van der Waals surface area (Å²) >= 11 is 0. The largest absolute Gasteiger partial charge is 0.433 e. The maximum Gasteiger partial charge on any atom is 0.433 e. The van der Waals surface area contributed by atoms with E-state index in [0.29, 0.717) is 12.0 Å². The van der Waals surface area contributed by atoms with Gasteiger partial charge in [0.05, 0.1) is 4.92 Å². The Morgan fingerprint density at radius 3 is 2.58 bits per heavy atom. The molecule has 1 aromatic heterocycles. The van der Waals surface area contributed by atoms with Crippen molar-refractivity contribution in [2.45, 2.75) is 39.0 Å². The lowest BCUT2D eigenvalue weighted by Crippen LogP contribution is -2.19. The van der Waals surface area contributed by atoms with Crippen LogP contribution in [0.15, 0.2) is 30.3 Å². The Bertz CT molecular complexity index is 783. The van der Waals surface area contributed by atoms with Crippen LogP contribution in [-0.4, -0.2) is 20.9 Å². The van der Waals surface area contributed by atoms with Crippen LogP contribution in [0.2, 0.25) is 0 Å². The van der Waals surface area contributed by atoms with Gasteiger partial charge in [0, 0.05) is 30.3 Å². The Balaban J connectivity index is 2.28. The van der Waals surface area contributed by atoms with E-state index < -0.39 is 16.8 Å². The molecular formula is C16H18F3N5O2. The molecule has 0 unspecified atom stereocenters. The van der Waals surface area contributed by atoms with Crippen LogP contribution in [0.4, 0.5) is 30.6 Å². The van der Waals surface area contributed by atoms with Gasteiger partial charge >= 0.3 is 6.18 Å². The van der Waals surface area contributed by atoms with Crippen LogP contribution >= 0.6 is 0 Å². The van der Waals surface area contributed by atoms with E-state index in [9.17, 15) is 23.3 Å². The highest BCUT2D eigenvalue weighted by atomic mass is 19.4. The van der Waals surface area contributed by atoms with Crippen LogP contribution in [0, 0.1) is 10.1 Å². The van der Waals surface area contributed by atoms with Crippen LogP contribution in [0.3, 0.4) is 0 Å². The molecule has 0 saturated heterocycles. The van der Waals surface area contributed by atoms with Crippen molar-refractivity contribution >= 4 is 17.5 Å². The number of hydrogen-bond donors (Lipinski definition) is 2. The first-order chi connectivity index (χ1) is 12.2. The molecule has 2 aromatic rings. The fourth-order valence-electron chi connectivity index (χ4n) is 2.09. The number of aromatic nitrogens is 2. The van der Waals surface area contributed by atoms with E-state index in [4.69, 9.17) is 0 Å². The zero-order valence-electron chi connectivity index (χ0n) is 14.2. The summed E-state index contributed by atoms with van der Waals surface area (Å²) in [6, 6.07) is 6.64. The van der Waals surface area contributed by atoms with Gasteiger partial charge in [-0.2, -0.15) is 18.2 Å². The number of anilines is 2. The van der Waals surface area contributed by atoms with Gasteiger partial charge in [-0.15, -0.1) is 0 Å². The van der Waals surface area contributed by atoms with E-state index in [2.05, 4.69) is 20.6 Å². The molecule has 0 aliphatic heterocycles. The molecule has 1 atom stereocenters. The van der Waals surface area contributed by atoms with Crippen molar-refractivity contribution in [1.82, 2.24) is 9.97 Å². The molecular weight excluding hydrogens is 351 g/mol. The van der Waals surface area contributed by atoms with Crippen molar-refractivity contribution in [3.63, 3.8) is 0 Å². The molecule has 0 aliphatic rings. The topological polar surface area (TPSA) is 93.0 Å². The summed E-state index contributed by atoms with van der Waals surface area (Å²) in [5.41, 5.74) is -0.882. The molecule has 0 fully saturated rings. The van der Waals surface area contributed by atoms with Crippen molar-refractivity contribution < 1.29 is 18.1 Å². The van der Waals surface area contributed by atoms with Gasteiger partial charge in [0.25, 0.3) is 5.69 Å². The van der Waals surface area contributed by atoms with Gasteiger partial charge < -0.3 is 10.6 Å². The molecule has 2 N–H and O–H groups in total. The van der Waals surface area contributed by atoms with E-state index in [0.717, 1.165) is 6.07 Å². The zero-order valence-corrected chi connectivity index (χ0v) is 14.2. The van der Waals surface area contributed by atoms with Gasteiger partial charge in [-0.1, -0.05) is 25.1 Å². The third-order valence-corrected chi connectivity index (χ3v) is 3.65. The SMILES string of the molecule is CC[C@@H](C)Nc1nc(NCc2ccccc2[N+](=O)[O-])cc(C(F)(F)F)n1. The average Bonchev–Trinajstić information content (AvgIpc) is 2.59. The van der Waals surface area contributed by atoms with Gasteiger partial charge in [-0.25, -0.2) is 4.98 Å². The van der Waals surface area contributed by atoms with E-state index in [1.165, 1.54) is 18.2 Å². The summed E-state index contributed by atoms with van der Waals surface area (Å²) in [7, 11) is 0.